The fourth-order valence-electron chi connectivity index (χ4n) is 8.18. The van der Waals surface area contributed by atoms with Crippen LogP contribution >= 0.6 is 7.82 Å². The summed E-state index contributed by atoms with van der Waals surface area (Å²) < 4.78 is 34.6. The first-order valence-electron chi connectivity index (χ1n) is 31.3. The Labute approximate surface area is 479 Å². The van der Waals surface area contributed by atoms with Crippen molar-refractivity contribution in [1.82, 2.24) is 0 Å². The molecule has 0 radical (unpaired) electrons. The monoisotopic (exact) mass is 1110 g/mol. The van der Waals surface area contributed by atoms with E-state index in [9.17, 15) is 19.0 Å². The molecule has 0 heterocycles. The number of hydrogen-bond acceptors (Lipinski definition) is 7. The highest BCUT2D eigenvalue weighted by atomic mass is 31.2. The van der Waals surface area contributed by atoms with E-state index < -0.39 is 26.5 Å². The molecule has 0 aromatic carbocycles. The Morgan fingerprint density at radius 2 is 0.731 bits per heavy atom. The maximum atomic E-state index is 12.8. The molecule has 0 aliphatic heterocycles. The molecule has 0 spiro atoms. The molecule has 78 heavy (non-hydrogen) atoms. The van der Waals surface area contributed by atoms with E-state index >= 15 is 0 Å². The Kier molecular flexibility index (Phi) is 55.4. The number of nitrogens with zero attached hydrogens (tertiary/aromatic N) is 1. The molecule has 0 aliphatic rings. The Morgan fingerprint density at radius 1 is 0.410 bits per heavy atom. The molecule has 0 amide bonds. The van der Waals surface area contributed by atoms with Crippen molar-refractivity contribution in [3.8, 4) is 0 Å². The van der Waals surface area contributed by atoms with Gasteiger partial charge in [-0.2, -0.15) is 0 Å². The molecule has 0 aliphatic carbocycles. The molecule has 10 heteroatoms. The SMILES string of the molecule is CC/C=C\C/C=C\C/C=C\C/C=C\C/C=C\C/C=C\C/C=C\C/C=C\CCCCCCC(=O)OC(COC(=O)CCCCCCCCCCCCCCC/C=C\C/C=C\CCCCCCC)COP(=O)(O)OCC[N+](C)(C)C. The highest BCUT2D eigenvalue weighted by Gasteiger charge is 2.27. The minimum absolute atomic E-state index is 0.0199. The lowest BCUT2D eigenvalue weighted by Crippen LogP contribution is -2.37. The van der Waals surface area contributed by atoms with E-state index in [0.717, 1.165) is 103 Å². The Balaban J connectivity index is 4.23. The van der Waals surface area contributed by atoms with Crippen LogP contribution in [0.5, 0.6) is 0 Å². The minimum Gasteiger partial charge on any atom is -0.462 e. The number of carbonyl (C=O) groups excluding carboxylic acids is 2. The van der Waals surface area contributed by atoms with Crippen molar-refractivity contribution in [2.24, 2.45) is 0 Å². The van der Waals surface area contributed by atoms with Crippen molar-refractivity contribution in [2.45, 2.75) is 251 Å². The Hall–Kier alpha value is -3.59. The molecule has 446 valence electrons. The van der Waals surface area contributed by atoms with Gasteiger partial charge in [-0.15, -0.1) is 0 Å². The summed E-state index contributed by atoms with van der Waals surface area (Å²) in [5.41, 5.74) is 0. The summed E-state index contributed by atoms with van der Waals surface area (Å²) in [5.74, 6) is -0.832. The lowest BCUT2D eigenvalue weighted by Gasteiger charge is -2.24. The third-order valence-corrected chi connectivity index (χ3v) is 14.0. The average Bonchev–Trinajstić information content (AvgIpc) is 3.41. The van der Waals surface area contributed by atoms with Crippen molar-refractivity contribution < 1.29 is 42.1 Å². The summed E-state index contributed by atoms with van der Waals surface area (Å²) in [4.78, 5) is 35.8. The van der Waals surface area contributed by atoms with E-state index in [1.54, 1.807) is 0 Å². The second-order valence-electron chi connectivity index (χ2n) is 21.7. The van der Waals surface area contributed by atoms with Crippen molar-refractivity contribution in [3.05, 3.63) is 122 Å². The van der Waals surface area contributed by atoms with Crippen LogP contribution in [0.25, 0.3) is 0 Å². The zero-order valence-electron chi connectivity index (χ0n) is 50.6. The second kappa shape index (κ2) is 58.1. The maximum absolute atomic E-state index is 12.8. The molecule has 0 saturated carbocycles. The number of carbonyl (C=O) groups is 2. The van der Waals surface area contributed by atoms with Gasteiger partial charge in [0.2, 0.25) is 0 Å². The Bertz CT molecular complexity index is 1730. The number of ether oxygens (including phenoxy) is 2. The number of esters is 2. The summed E-state index contributed by atoms with van der Waals surface area (Å²) in [5, 5.41) is 0. The molecule has 1 N–H and O–H groups in total. The molecule has 0 aromatic heterocycles. The van der Waals surface area contributed by atoms with Crippen molar-refractivity contribution >= 4 is 19.8 Å². The fraction of sp³-hybridized carbons (Fsp3) is 0.676. The smallest absolute Gasteiger partial charge is 0.462 e. The van der Waals surface area contributed by atoms with Crippen molar-refractivity contribution in [1.29, 1.82) is 0 Å². The van der Waals surface area contributed by atoms with Gasteiger partial charge < -0.3 is 18.9 Å². The van der Waals surface area contributed by atoms with Gasteiger partial charge in [0.1, 0.15) is 19.8 Å². The largest absolute Gasteiger partial charge is 0.472 e. The normalized spacial score (nSPS) is 14.1. The van der Waals surface area contributed by atoms with E-state index in [1.165, 1.54) is 109 Å². The van der Waals surface area contributed by atoms with E-state index in [0.29, 0.717) is 17.4 Å². The number of hydrogen-bond donors (Lipinski definition) is 1. The van der Waals surface area contributed by atoms with E-state index in [1.807, 2.05) is 21.1 Å². The lowest BCUT2D eigenvalue weighted by molar-refractivity contribution is -0.870. The van der Waals surface area contributed by atoms with Crippen LogP contribution in [-0.2, 0) is 32.7 Å². The predicted molar refractivity (Wildman–Crippen MR) is 334 cm³/mol. The summed E-state index contributed by atoms with van der Waals surface area (Å²) in [7, 11) is 1.44. The van der Waals surface area contributed by atoms with Crippen LogP contribution in [0.3, 0.4) is 0 Å². The summed E-state index contributed by atoms with van der Waals surface area (Å²) >= 11 is 0. The third-order valence-electron chi connectivity index (χ3n) is 13.0. The molecule has 0 aromatic rings. The average molecular weight is 1110 g/mol. The highest BCUT2D eigenvalue weighted by Crippen LogP contribution is 2.43. The zero-order valence-corrected chi connectivity index (χ0v) is 51.5. The van der Waals surface area contributed by atoms with Crippen LogP contribution < -0.4 is 0 Å². The fourth-order valence-corrected chi connectivity index (χ4v) is 8.92. The number of quaternary nitrogens is 1. The number of unbranched alkanes of at least 4 members (excludes halogenated alkanes) is 22. The van der Waals surface area contributed by atoms with Gasteiger partial charge >= 0.3 is 19.8 Å². The molecule has 0 bridgehead atoms. The molecule has 0 saturated heterocycles. The molecule has 0 rings (SSSR count). The second-order valence-corrected chi connectivity index (χ2v) is 23.2. The molecular weight excluding hydrogens is 990 g/mol. The predicted octanol–water partition coefficient (Wildman–Crippen LogP) is 19.9. The van der Waals surface area contributed by atoms with E-state index in [-0.39, 0.29) is 32.0 Å². The quantitative estimate of drug-likeness (QED) is 0.0211. The van der Waals surface area contributed by atoms with Gasteiger partial charge in [-0.05, 0) is 109 Å². The van der Waals surface area contributed by atoms with Crippen LogP contribution in [0.15, 0.2) is 122 Å². The molecule has 0 fully saturated rings. The van der Waals surface area contributed by atoms with Crippen LogP contribution in [0.1, 0.15) is 245 Å². The lowest BCUT2D eigenvalue weighted by atomic mass is 10.0. The van der Waals surface area contributed by atoms with Crippen molar-refractivity contribution in [2.75, 3.05) is 47.5 Å². The van der Waals surface area contributed by atoms with Gasteiger partial charge in [0, 0.05) is 12.8 Å². The van der Waals surface area contributed by atoms with Gasteiger partial charge in [-0.25, -0.2) is 4.57 Å². The number of phosphoric acid groups is 1. The first-order chi connectivity index (χ1) is 38.0. The molecule has 2 unspecified atom stereocenters. The van der Waals surface area contributed by atoms with Crippen molar-refractivity contribution in [3.63, 3.8) is 0 Å². The van der Waals surface area contributed by atoms with Crippen LogP contribution in [0.2, 0.25) is 0 Å². The van der Waals surface area contributed by atoms with Gasteiger partial charge in [0.05, 0.1) is 27.7 Å². The van der Waals surface area contributed by atoms with Gasteiger partial charge in [-0.1, -0.05) is 245 Å². The maximum Gasteiger partial charge on any atom is 0.472 e. The van der Waals surface area contributed by atoms with Gasteiger partial charge in [0.25, 0.3) is 0 Å². The molecular formula is C68H117NO8P+. The zero-order chi connectivity index (χ0) is 57.0. The van der Waals surface area contributed by atoms with Crippen LogP contribution in [-0.4, -0.2) is 74.9 Å². The summed E-state index contributed by atoms with van der Waals surface area (Å²) in [6.45, 7) is 4.28. The minimum atomic E-state index is -4.40. The third kappa shape index (κ3) is 61.6. The standard InChI is InChI=1S/C68H116NO8P/c1-6-8-10-12-14-16-18-20-22-24-26-28-30-32-33-34-35-37-39-41-43-45-47-49-51-53-55-57-59-61-68(71)77-66(65-76-78(72,73)75-63-62-69(3,4)5)64-74-67(70)60-58-56-54-52-50-48-46-44-42-40-38-36-31-29-27-25-23-21-19-17-15-13-11-9-7-2/h8,10,14,16,19-22,25-28,32-33,35,37,41,43,47,49,66H,6-7,9,11-13,15,17-18,23-24,29-31,34,36,38-40,42,44-46,48,50-65H2,1-5H3/p+1/b10-8-,16-14-,21-19-,22-20-,27-25-,28-26-,33-32-,37-35-,43-41-,49-47-. The van der Waals surface area contributed by atoms with Gasteiger partial charge in [0.15, 0.2) is 6.10 Å². The van der Waals surface area contributed by atoms with Crippen LogP contribution in [0.4, 0.5) is 0 Å². The number of likely N-dealkylation sites (N-methyl/N-ethyl adjacent to an activating group) is 1. The van der Waals surface area contributed by atoms with Crippen LogP contribution in [0, 0.1) is 0 Å². The molecule has 2 atom stereocenters. The highest BCUT2D eigenvalue weighted by molar-refractivity contribution is 7.47. The van der Waals surface area contributed by atoms with E-state index in [4.69, 9.17) is 18.5 Å². The van der Waals surface area contributed by atoms with E-state index in [2.05, 4.69) is 135 Å². The number of allylic oxidation sites excluding steroid dienone is 20. The first kappa shape index (κ1) is 74.4. The topological polar surface area (TPSA) is 108 Å². The number of rotatable bonds is 56. The summed E-state index contributed by atoms with van der Waals surface area (Å²) in [6, 6.07) is 0. The van der Waals surface area contributed by atoms with Gasteiger partial charge in [-0.3, -0.25) is 18.6 Å². The summed E-state index contributed by atoms with van der Waals surface area (Å²) in [6.07, 6.45) is 82.7. The Morgan fingerprint density at radius 3 is 1.09 bits per heavy atom. The first-order valence-corrected chi connectivity index (χ1v) is 32.8. The molecule has 9 nitrogen and oxygen atoms in total. The number of phosphoric ester groups is 1.